The third-order valence-corrected chi connectivity index (χ3v) is 1.57. The summed E-state index contributed by atoms with van der Waals surface area (Å²) in [6, 6.07) is -0.717. The Hall–Kier alpha value is -1.43. The molecule has 0 spiro atoms. The fraction of sp³-hybridized carbons (Fsp3) is 0.667. The lowest BCUT2D eigenvalue weighted by Crippen LogP contribution is -2.40. The smallest absolute Gasteiger partial charge is 0.325 e. The summed E-state index contributed by atoms with van der Waals surface area (Å²) in [7, 11) is 0. The summed E-state index contributed by atoms with van der Waals surface area (Å²) in [6.45, 7) is 5.67. The average molecular weight is 212 g/mol. The van der Waals surface area contributed by atoms with Gasteiger partial charge in [0.1, 0.15) is 11.6 Å². The summed E-state index contributed by atoms with van der Waals surface area (Å²) in [5.74, 6) is -0.432. The van der Waals surface area contributed by atoms with Crippen molar-refractivity contribution in [3.8, 4) is 0 Å². The number of aromatic nitrogens is 3. The first kappa shape index (κ1) is 11.6. The molecule has 1 atom stereocenters. The van der Waals surface area contributed by atoms with Crippen molar-refractivity contribution in [3.63, 3.8) is 0 Å². The molecular weight excluding hydrogens is 196 g/mol. The molecule has 1 aromatic rings. The molecule has 2 N–H and O–H groups in total. The zero-order valence-electron chi connectivity index (χ0n) is 9.17. The molecule has 0 aliphatic carbocycles. The van der Waals surface area contributed by atoms with E-state index in [1.165, 1.54) is 10.9 Å². The summed E-state index contributed by atoms with van der Waals surface area (Å²) in [5, 5.41) is 7.33. The van der Waals surface area contributed by atoms with E-state index in [1.807, 2.05) is 0 Å². The van der Waals surface area contributed by atoms with E-state index in [9.17, 15) is 4.79 Å². The van der Waals surface area contributed by atoms with Crippen LogP contribution >= 0.6 is 0 Å². The number of carbonyl (C=O) groups excluding carboxylic acids is 1. The summed E-state index contributed by atoms with van der Waals surface area (Å²) in [4.78, 5) is 11.5. The van der Waals surface area contributed by atoms with Crippen molar-refractivity contribution in [1.82, 2.24) is 15.0 Å². The molecule has 84 valence electrons. The van der Waals surface area contributed by atoms with Crippen LogP contribution in [0.25, 0.3) is 0 Å². The van der Waals surface area contributed by atoms with Crippen LogP contribution in [0, 0.1) is 0 Å². The van der Waals surface area contributed by atoms with Crippen molar-refractivity contribution in [2.75, 3.05) is 0 Å². The highest BCUT2D eigenvalue weighted by molar-refractivity contribution is 5.75. The highest BCUT2D eigenvalue weighted by Crippen LogP contribution is 2.08. The second-order valence-electron chi connectivity index (χ2n) is 4.27. The molecule has 0 aromatic carbocycles. The number of carbonyl (C=O) groups is 1. The van der Waals surface area contributed by atoms with Crippen LogP contribution in [0.2, 0.25) is 0 Å². The van der Waals surface area contributed by atoms with Crippen molar-refractivity contribution in [3.05, 3.63) is 12.4 Å². The minimum atomic E-state index is -0.717. The van der Waals surface area contributed by atoms with Crippen LogP contribution < -0.4 is 5.73 Å². The van der Waals surface area contributed by atoms with E-state index in [4.69, 9.17) is 10.5 Å². The van der Waals surface area contributed by atoms with Crippen molar-refractivity contribution in [1.29, 1.82) is 0 Å². The molecule has 15 heavy (non-hydrogen) atoms. The molecule has 0 saturated heterocycles. The van der Waals surface area contributed by atoms with Crippen molar-refractivity contribution < 1.29 is 9.53 Å². The van der Waals surface area contributed by atoms with Gasteiger partial charge in [0.25, 0.3) is 0 Å². The lowest BCUT2D eigenvalue weighted by Gasteiger charge is -2.21. The maximum absolute atomic E-state index is 11.5. The van der Waals surface area contributed by atoms with E-state index in [1.54, 1.807) is 27.0 Å². The first-order valence-corrected chi connectivity index (χ1v) is 4.71. The standard InChI is InChI=1S/C9H16N4O2/c1-9(2,3)15-8(14)7(10)6-13-5-4-11-12-13/h4-5,7H,6,10H2,1-3H3/t7-/m1/s1. The van der Waals surface area contributed by atoms with Gasteiger partial charge in [0.2, 0.25) is 0 Å². The van der Waals surface area contributed by atoms with Crippen molar-refractivity contribution >= 4 is 5.97 Å². The molecule has 0 aliphatic heterocycles. The van der Waals surface area contributed by atoms with E-state index in [-0.39, 0.29) is 6.54 Å². The van der Waals surface area contributed by atoms with Gasteiger partial charge in [0.15, 0.2) is 0 Å². The molecule has 0 saturated carbocycles. The molecule has 0 amide bonds. The van der Waals surface area contributed by atoms with Gasteiger partial charge < -0.3 is 10.5 Å². The predicted molar refractivity (Wildman–Crippen MR) is 53.8 cm³/mol. The van der Waals surface area contributed by atoms with Crippen LogP contribution in [0.1, 0.15) is 20.8 Å². The summed E-state index contributed by atoms with van der Waals surface area (Å²) in [6.07, 6.45) is 3.17. The summed E-state index contributed by atoms with van der Waals surface area (Å²) in [5.41, 5.74) is 5.14. The highest BCUT2D eigenvalue weighted by atomic mass is 16.6. The van der Waals surface area contributed by atoms with Crippen LogP contribution in [0.4, 0.5) is 0 Å². The van der Waals surface area contributed by atoms with E-state index < -0.39 is 17.6 Å². The first-order chi connectivity index (χ1) is 6.88. The Kier molecular flexibility index (Phi) is 3.41. The van der Waals surface area contributed by atoms with E-state index in [0.717, 1.165) is 0 Å². The predicted octanol–water partition coefficient (Wildman–Crippen LogP) is -0.0529. The van der Waals surface area contributed by atoms with Gasteiger partial charge in [-0.2, -0.15) is 0 Å². The second-order valence-corrected chi connectivity index (χ2v) is 4.27. The van der Waals surface area contributed by atoms with Crippen LogP contribution in [0.15, 0.2) is 12.4 Å². The Bertz CT molecular complexity index is 315. The van der Waals surface area contributed by atoms with E-state index >= 15 is 0 Å². The zero-order valence-corrected chi connectivity index (χ0v) is 9.17. The monoisotopic (exact) mass is 212 g/mol. The van der Waals surface area contributed by atoms with Crippen LogP contribution in [-0.2, 0) is 16.1 Å². The lowest BCUT2D eigenvalue weighted by atomic mass is 10.2. The lowest BCUT2D eigenvalue weighted by molar-refractivity contribution is -0.156. The van der Waals surface area contributed by atoms with E-state index in [2.05, 4.69) is 10.3 Å². The molecule has 0 radical (unpaired) electrons. The van der Waals surface area contributed by atoms with Gasteiger partial charge in [0, 0.05) is 6.20 Å². The molecule has 0 fully saturated rings. The van der Waals surface area contributed by atoms with Gasteiger partial charge in [-0.25, -0.2) is 0 Å². The molecule has 0 bridgehead atoms. The number of hydrogen-bond acceptors (Lipinski definition) is 5. The second kappa shape index (κ2) is 4.39. The van der Waals surface area contributed by atoms with Gasteiger partial charge in [0.05, 0.1) is 12.7 Å². The average Bonchev–Trinajstić information content (AvgIpc) is 2.53. The van der Waals surface area contributed by atoms with Crippen molar-refractivity contribution in [2.24, 2.45) is 5.73 Å². The minimum absolute atomic E-state index is 0.273. The molecule has 1 aromatic heterocycles. The number of ether oxygens (including phenoxy) is 1. The third kappa shape index (κ3) is 4.07. The Labute approximate surface area is 88.4 Å². The normalized spacial score (nSPS) is 13.6. The number of nitrogens with two attached hydrogens (primary N) is 1. The third-order valence-electron chi connectivity index (χ3n) is 1.57. The Morgan fingerprint density at radius 2 is 2.27 bits per heavy atom. The fourth-order valence-corrected chi connectivity index (χ4v) is 0.984. The molecule has 1 heterocycles. The number of hydrogen-bond donors (Lipinski definition) is 1. The maximum atomic E-state index is 11.5. The van der Waals surface area contributed by atoms with Crippen LogP contribution in [0.3, 0.4) is 0 Å². The largest absolute Gasteiger partial charge is 0.459 e. The molecule has 6 nitrogen and oxygen atoms in total. The molecule has 0 aliphatic rings. The maximum Gasteiger partial charge on any atom is 0.325 e. The first-order valence-electron chi connectivity index (χ1n) is 4.71. The Balaban J connectivity index is 2.47. The molecule has 1 rings (SSSR count). The molecule has 6 heteroatoms. The van der Waals surface area contributed by atoms with Gasteiger partial charge in [-0.1, -0.05) is 5.21 Å². The summed E-state index contributed by atoms with van der Waals surface area (Å²) < 4.78 is 6.62. The molecular formula is C9H16N4O2. The Morgan fingerprint density at radius 3 is 2.73 bits per heavy atom. The minimum Gasteiger partial charge on any atom is -0.459 e. The highest BCUT2D eigenvalue weighted by Gasteiger charge is 2.22. The zero-order chi connectivity index (χ0) is 11.5. The van der Waals surface area contributed by atoms with E-state index in [0.29, 0.717) is 0 Å². The number of esters is 1. The number of nitrogens with zero attached hydrogens (tertiary/aromatic N) is 3. The quantitative estimate of drug-likeness (QED) is 0.710. The molecule has 0 unspecified atom stereocenters. The number of rotatable bonds is 3. The van der Waals surface area contributed by atoms with Gasteiger partial charge in [-0.15, -0.1) is 5.10 Å². The van der Waals surface area contributed by atoms with Crippen LogP contribution in [0.5, 0.6) is 0 Å². The fourth-order valence-electron chi connectivity index (χ4n) is 0.984. The Morgan fingerprint density at radius 1 is 1.60 bits per heavy atom. The SMILES string of the molecule is CC(C)(C)OC(=O)[C@H](N)Cn1ccnn1. The van der Waals surface area contributed by atoms with Crippen molar-refractivity contribution in [2.45, 2.75) is 39.0 Å². The summed E-state index contributed by atoms with van der Waals surface area (Å²) >= 11 is 0. The van der Waals surface area contributed by atoms with Crippen LogP contribution in [-0.4, -0.2) is 32.6 Å². The van der Waals surface area contributed by atoms with Gasteiger partial charge >= 0.3 is 5.97 Å². The van der Waals surface area contributed by atoms with Gasteiger partial charge in [-0.05, 0) is 20.8 Å². The topological polar surface area (TPSA) is 83.0 Å². The van der Waals surface area contributed by atoms with Gasteiger partial charge in [-0.3, -0.25) is 9.48 Å².